The van der Waals surface area contributed by atoms with Gasteiger partial charge in [-0.15, -0.1) is 0 Å². The molecule has 0 fully saturated rings. The molecule has 0 saturated carbocycles. The number of unbranched alkanes of at least 4 members (excludes halogenated alkanes) is 3. The van der Waals surface area contributed by atoms with Gasteiger partial charge in [0.05, 0.1) is 33.0 Å². The van der Waals surface area contributed by atoms with E-state index in [1.165, 1.54) is 12.8 Å². The molecule has 1 unspecified atom stereocenters. The van der Waals surface area contributed by atoms with E-state index in [-0.39, 0.29) is 0 Å². The van der Waals surface area contributed by atoms with Crippen molar-refractivity contribution < 1.29 is 19.3 Å². The Hall–Kier alpha value is -1.42. The van der Waals surface area contributed by atoms with Gasteiger partial charge in [-0.2, -0.15) is 0 Å². The molecule has 1 aromatic carbocycles. The lowest BCUT2D eigenvalue weighted by atomic mass is 10.0. The second-order valence-corrected chi connectivity index (χ2v) is 4.81. The summed E-state index contributed by atoms with van der Waals surface area (Å²) in [5.74, 6) is 1.86. The van der Waals surface area contributed by atoms with E-state index >= 15 is 0 Å². The Kier molecular flexibility index (Phi) is 7.23. The standard InChI is InChI=1S/C16H26O4/c1-5-6-7-8-9-13(17)16-14(19-3)10-12(18-2)11-15(16)20-4/h10-11,13,17H,5-9H2,1-4H3. The van der Waals surface area contributed by atoms with Crippen LogP contribution in [0.25, 0.3) is 0 Å². The van der Waals surface area contributed by atoms with Gasteiger partial charge in [-0.1, -0.05) is 32.6 Å². The van der Waals surface area contributed by atoms with Crippen LogP contribution < -0.4 is 14.2 Å². The molecule has 0 aliphatic heterocycles. The molecule has 0 amide bonds. The Morgan fingerprint density at radius 2 is 1.55 bits per heavy atom. The zero-order valence-electron chi connectivity index (χ0n) is 12.9. The summed E-state index contributed by atoms with van der Waals surface area (Å²) in [5, 5.41) is 10.4. The van der Waals surface area contributed by atoms with Crippen LogP contribution in [0.1, 0.15) is 50.7 Å². The summed E-state index contributed by atoms with van der Waals surface area (Å²) in [6.07, 6.45) is 4.64. The molecule has 0 radical (unpaired) electrons. The van der Waals surface area contributed by atoms with Crippen LogP contribution in [0.5, 0.6) is 17.2 Å². The monoisotopic (exact) mass is 282 g/mol. The minimum Gasteiger partial charge on any atom is -0.496 e. The van der Waals surface area contributed by atoms with E-state index in [9.17, 15) is 5.11 Å². The van der Waals surface area contributed by atoms with E-state index in [1.54, 1.807) is 33.5 Å². The lowest BCUT2D eigenvalue weighted by Gasteiger charge is -2.19. The highest BCUT2D eigenvalue weighted by Gasteiger charge is 2.20. The first-order chi connectivity index (χ1) is 9.67. The Bertz CT molecular complexity index is 378. The highest BCUT2D eigenvalue weighted by Crippen LogP contribution is 2.39. The number of methoxy groups -OCH3 is 3. The third-order valence-corrected chi connectivity index (χ3v) is 3.42. The molecule has 1 atom stereocenters. The number of hydrogen-bond acceptors (Lipinski definition) is 4. The maximum atomic E-state index is 10.4. The molecule has 0 aromatic heterocycles. The summed E-state index contributed by atoms with van der Waals surface area (Å²) >= 11 is 0. The van der Waals surface area contributed by atoms with Gasteiger partial charge in [-0.05, 0) is 6.42 Å². The Labute approximate surface area is 121 Å². The normalized spacial score (nSPS) is 12.1. The van der Waals surface area contributed by atoms with Gasteiger partial charge >= 0.3 is 0 Å². The molecule has 20 heavy (non-hydrogen) atoms. The molecular formula is C16H26O4. The predicted molar refractivity (Wildman–Crippen MR) is 79.8 cm³/mol. The second kappa shape index (κ2) is 8.69. The minimum atomic E-state index is -0.581. The van der Waals surface area contributed by atoms with Gasteiger partial charge in [0.1, 0.15) is 17.2 Å². The highest BCUT2D eigenvalue weighted by atomic mass is 16.5. The average Bonchev–Trinajstić information content (AvgIpc) is 2.49. The molecule has 1 aromatic rings. The molecule has 0 bridgehead atoms. The summed E-state index contributed by atoms with van der Waals surface area (Å²) in [6, 6.07) is 3.54. The average molecular weight is 282 g/mol. The lowest BCUT2D eigenvalue weighted by Crippen LogP contribution is -2.04. The summed E-state index contributed by atoms with van der Waals surface area (Å²) < 4.78 is 15.9. The summed E-state index contributed by atoms with van der Waals surface area (Å²) in [6.45, 7) is 2.17. The smallest absolute Gasteiger partial charge is 0.132 e. The quantitative estimate of drug-likeness (QED) is 0.701. The maximum Gasteiger partial charge on any atom is 0.132 e. The van der Waals surface area contributed by atoms with Gasteiger partial charge in [-0.3, -0.25) is 0 Å². The molecule has 4 heteroatoms. The van der Waals surface area contributed by atoms with Gasteiger partial charge in [-0.25, -0.2) is 0 Å². The van der Waals surface area contributed by atoms with E-state index < -0.39 is 6.10 Å². The number of rotatable bonds is 9. The van der Waals surface area contributed by atoms with Crippen LogP contribution in [0.15, 0.2) is 12.1 Å². The fourth-order valence-electron chi connectivity index (χ4n) is 2.27. The summed E-state index contributed by atoms with van der Waals surface area (Å²) in [7, 11) is 4.76. The lowest BCUT2D eigenvalue weighted by molar-refractivity contribution is 0.155. The van der Waals surface area contributed by atoms with Gasteiger partial charge in [0, 0.05) is 12.1 Å². The van der Waals surface area contributed by atoms with Crippen LogP contribution >= 0.6 is 0 Å². The number of aliphatic hydroxyl groups excluding tert-OH is 1. The van der Waals surface area contributed by atoms with Crippen LogP contribution in [-0.2, 0) is 0 Å². The molecule has 0 aliphatic carbocycles. The van der Waals surface area contributed by atoms with Gasteiger partial charge in [0.2, 0.25) is 0 Å². The van der Waals surface area contributed by atoms with Crippen LogP contribution in [0.3, 0.4) is 0 Å². The number of ether oxygens (including phenoxy) is 3. The van der Waals surface area contributed by atoms with Crippen molar-refractivity contribution >= 4 is 0 Å². The summed E-state index contributed by atoms with van der Waals surface area (Å²) in [4.78, 5) is 0. The topological polar surface area (TPSA) is 47.9 Å². The highest BCUT2D eigenvalue weighted by molar-refractivity contribution is 5.51. The summed E-state index contributed by atoms with van der Waals surface area (Å²) in [5.41, 5.74) is 0.701. The van der Waals surface area contributed by atoms with E-state index in [1.807, 2.05) is 0 Å². The fraction of sp³-hybridized carbons (Fsp3) is 0.625. The third-order valence-electron chi connectivity index (χ3n) is 3.42. The molecule has 1 N–H and O–H groups in total. The zero-order chi connectivity index (χ0) is 15.0. The van der Waals surface area contributed by atoms with Crippen molar-refractivity contribution in [3.8, 4) is 17.2 Å². The zero-order valence-corrected chi connectivity index (χ0v) is 12.9. The SMILES string of the molecule is CCCCCCC(O)c1c(OC)cc(OC)cc1OC. The largest absolute Gasteiger partial charge is 0.496 e. The van der Waals surface area contributed by atoms with E-state index in [0.29, 0.717) is 29.2 Å². The van der Waals surface area contributed by atoms with Crippen LogP contribution in [-0.4, -0.2) is 26.4 Å². The first-order valence-electron chi connectivity index (χ1n) is 7.15. The van der Waals surface area contributed by atoms with Crippen molar-refractivity contribution in [3.63, 3.8) is 0 Å². The van der Waals surface area contributed by atoms with E-state index in [0.717, 1.165) is 12.8 Å². The first kappa shape index (κ1) is 16.6. The second-order valence-electron chi connectivity index (χ2n) is 4.81. The van der Waals surface area contributed by atoms with Crippen LogP contribution in [0.4, 0.5) is 0 Å². The number of aliphatic hydroxyl groups is 1. The van der Waals surface area contributed by atoms with Crippen molar-refractivity contribution in [3.05, 3.63) is 17.7 Å². The van der Waals surface area contributed by atoms with Gasteiger partial charge < -0.3 is 19.3 Å². The van der Waals surface area contributed by atoms with Crippen LogP contribution in [0.2, 0.25) is 0 Å². The molecule has 114 valence electrons. The van der Waals surface area contributed by atoms with Crippen LogP contribution in [0, 0.1) is 0 Å². The Morgan fingerprint density at radius 1 is 0.950 bits per heavy atom. The molecule has 1 rings (SSSR count). The third kappa shape index (κ3) is 4.30. The van der Waals surface area contributed by atoms with Gasteiger partial charge in [0.25, 0.3) is 0 Å². The van der Waals surface area contributed by atoms with Crippen molar-refractivity contribution in [2.24, 2.45) is 0 Å². The van der Waals surface area contributed by atoms with Gasteiger partial charge in [0.15, 0.2) is 0 Å². The molecule has 0 aliphatic rings. The molecular weight excluding hydrogens is 256 g/mol. The molecule has 0 heterocycles. The van der Waals surface area contributed by atoms with E-state index in [2.05, 4.69) is 6.92 Å². The molecule has 0 spiro atoms. The fourth-order valence-corrected chi connectivity index (χ4v) is 2.27. The Balaban J connectivity index is 2.90. The maximum absolute atomic E-state index is 10.4. The first-order valence-corrected chi connectivity index (χ1v) is 7.15. The van der Waals surface area contributed by atoms with E-state index in [4.69, 9.17) is 14.2 Å². The predicted octanol–water partition coefficient (Wildman–Crippen LogP) is 3.72. The molecule has 4 nitrogen and oxygen atoms in total. The number of benzene rings is 1. The van der Waals surface area contributed by atoms with Crippen molar-refractivity contribution in [2.45, 2.75) is 45.1 Å². The van der Waals surface area contributed by atoms with Crippen molar-refractivity contribution in [1.82, 2.24) is 0 Å². The van der Waals surface area contributed by atoms with Crippen molar-refractivity contribution in [2.75, 3.05) is 21.3 Å². The Morgan fingerprint density at radius 3 is 2.00 bits per heavy atom. The number of hydrogen-bond donors (Lipinski definition) is 1. The molecule has 0 saturated heterocycles. The minimum absolute atomic E-state index is 0.581. The van der Waals surface area contributed by atoms with Crippen molar-refractivity contribution in [1.29, 1.82) is 0 Å².